The van der Waals surface area contributed by atoms with E-state index in [1.165, 1.54) is 32.1 Å². The Labute approximate surface area is 113 Å². The van der Waals surface area contributed by atoms with Crippen molar-refractivity contribution >= 4 is 0 Å². The van der Waals surface area contributed by atoms with Crippen LogP contribution in [0.3, 0.4) is 0 Å². The Hall–Kier alpha value is -0.590. The molecule has 0 saturated heterocycles. The molecule has 0 amide bonds. The fourth-order valence-electron chi connectivity index (χ4n) is 2.90. The summed E-state index contributed by atoms with van der Waals surface area (Å²) in [7, 11) is 2.21. The second kappa shape index (κ2) is 7.11. The molecule has 1 aliphatic carbocycles. The first-order valence-corrected chi connectivity index (χ1v) is 7.36. The second-order valence-corrected chi connectivity index (χ2v) is 6.27. The van der Waals surface area contributed by atoms with Gasteiger partial charge in [0, 0.05) is 18.6 Å². The van der Waals surface area contributed by atoms with E-state index < -0.39 is 5.54 Å². The molecule has 1 N–H and O–H groups in total. The van der Waals surface area contributed by atoms with Crippen molar-refractivity contribution in [1.82, 2.24) is 10.2 Å². The molecule has 1 aliphatic rings. The topological polar surface area (TPSA) is 39.1 Å². The zero-order chi connectivity index (χ0) is 13.6. The van der Waals surface area contributed by atoms with Gasteiger partial charge in [-0.2, -0.15) is 5.26 Å². The van der Waals surface area contributed by atoms with Gasteiger partial charge in [0.05, 0.1) is 6.07 Å². The average molecular weight is 251 g/mol. The molecule has 18 heavy (non-hydrogen) atoms. The first-order chi connectivity index (χ1) is 8.47. The van der Waals surface area contributed by atoms with Crippen LogP contribution >= 0.6 is 0 Å². The maximum Gasteiger partial charge on any atom is 0.105 e. The van der Waals surface area contributed by atoms with Crippen molar-refractivity contribution in [3.05, 3.63) is 0 Å². The van der Waals surface area contributed by atoms with Crippen molar-refractivity contribution in [2.24, 2.45) is 0 Å². The lowest BCUT2D eigenvalue weighted by Crippen LogP contribution is -2.47. The van der Waals surface area contributed by atoms with E-state index in [0.29, 0.717) is 6.04 Å². The smallest absolute Gasteiger partial charge is 0.105 e. The van der Waals surface area contributed by atoms with Crippen LogP contribution in [-0.2, 0) is 0 Å². The molecule has 0 spiro atoms. The first-order valence-electron chi connectivity index (χ1n) is 7.36. The van der Waals surface area contributed by atoms with Gasteiger partial charge in [0.2, 0.25) is 0 Å². The Balaban J connectivity index is 2.39. The van der Waals surface area contributed by atoms with E-state index in [1.54, 1.807) is 0 Å². The van der Waals surface area contributed by atoms with E-state index in [0.717, 1.165) is 19.0 Å². The van der Waals surface area contributed by atoms with Crippen LogP contribution in [0.5, 0.6) is 0 Å². The van der Waals surface area contributed by atoms with Gasteiger partial charge in [-0.1, -0.05) is 19.3 Å². The van der Waals surface area contributed by atoms with Gasteiger partial charge in [-0.25, -0.2) is 0 Å². The minimum Gasteiger partial charge on any atom is -0.303 e. The normalized spacial score (nSPS) is 20.9. The fraction of sp³-hybridized carbons (Fsp3) is 0.933. The molecule has 3 heteroatoms. The van der Waals surface area contributed by atoms with Crippen LogP contribution in [0, 0.1) is 11.3 Å². The molecule has 0 heterocycles. The van der Waals surface area contributed by atoms with Gasteiger partial charge in [-0.15, -0.1) is 0 Å². The van der Waals surface area contributed by atoms with Crippen molar-refractivity contribution in [2.45, 2.75) is 76.9 Å². The molecule has 1 unspecified atom stereocenters. The fourth-order valence-corrected chi connectivity index (χ4v) is 2.90. The van der Waals surface area contributed by atoms with Crippen LogP contribution in [0.25, 0.3) is 0 Å². The highest BCUT2D eigenvalue weighted by Crippen LogP contribution is 2.22. The van der Waals surface area contributed by atoms with Gasteiger partial charge in [-0.3, -0.25) is 5.32 Å². The highest BCUT2D eigenvalue weighted by atomic mass is 15.1. The van der Waals surface area contributed by atoms with Crippen LogP contribution in [0.4, 0.5) is 0 Å². The molecule has 3 nitrogen and oxygen atoms in total. The third-order valence-electron chi connectivity index (χ3n) is 4.02. The number of hydrogen-bond donors (Lipinski definition) is 1. The average Bonchev–Trinajstić information content (AvgIpc) is 2.36. The van der Waals surface area contributed by atoms with E-state index in [2.05, 4.69) is 37.2 Å². The van der Waals surface area contributed by atoms with Crippen molar-refractivity contribution < 1.29 is 0 Å². The lowest BCUT2D eigenvalue weighted by molar-refractivity contribution is 0.176. The van der Waals surface area contributed by atoms with Gasteiger partial charge < -0.3 is 4.90 Å². The maximum atomic E-state index is 9.33. The van der Waals surface area contributed by atoms with Crippen molar-refractivity contribution in [3.63, 3.8) is 0 Å². The van der Waals surface area contributed by atoms with Gasteiger partial charge in [-0.05, 0) is 47.1 Å². The van der Waals surface area contributed by atoms with Crippen molar-refractivity contribution in [3.8, 4) is 6.07 Å². The molecule has 0 radical (unpaired) electrons. The molecular weight excluding hydrogens is 222 g/mol. The summed E-state index contributed by atoms with van der Waals surface area (Å²) in [5.74, 6) is 0. The van der Waals surface area contributed by atoms with Gasteiger partial charge in [0.1, 0.15) is 5.54 Å². The number of nitrogens with zero attached hydrogens (tertiary/aromatic N) is 2. The van der Waals surface area contributed by atoms with Crippen LogP contribution in [0.1, 0.15) is 59.3 Å². The van der Waals surface area contributed by atoms with Crippen molar-refractivity contribution in [2.75, 3.05) is 13.6 Å². The zero-order valence-corrected chi connectivity index (χ0v) is 12.5. The molecule has 104 valence electrons. The molecule has 1 saturated carbocycles. The molecule has 1 rings (SSSR count). The minimum atomic E-state index is -0.392. The third-order valence-corrected chi connectivity index (χ3v) is 4.02. The molecule has 1 atom stereocenters. The lowest BCUT2D eigenvalue weighted by Gasteiger charge is -2.34. The van der Waals surface area contributed by atoms with E-state index in [1.807, 2.05) is 6.92 Å². The van der Waals surface area contributed by atoms with Crippen LogP contribution in [0.15, 0.2) is 0 Å². The summed E-state index contributed by atoms with van der Waals surface area (Å²) in [4.78, 5) is 2.46. The molecule has 0 aromatic heterocycles. The quantitative estimate of drug-likeness (QED) is 0.789. The predicted molar refractivity (Wildman–Crippen MR) is 76.4 cm³/mol. The Morgan fingerprint density at radius 2 is 1.94 bits per heavy atom. The van der Waals surface area contributed by atoms with Gasteiger partial charge >= 0.3 is 0 Å². The Morgan fingerprint density at radius 1 is 1.33 bits per heavy atom. The number of hydrogen-bond acceptors (Lipinski definition) is 3. The van der Waals surface area contributed by atoms with Crippen molar-refractivity contribution in [1.29, 1.82) is 5.26 Å². The lowest BCUT2D eigenvalue weighted by atomic mass is 9.93. The molecule has 0 aromatic carbocycles. The Kier molecular flexibility index (Phi) is 6.11. The SMILES string of the molecule is CC(C)NC(C)(C#N)CCN(C)C1CCCCC1. The monoisotopic (exact) mass is 251 g/mol. The number of nitriles is 1. The molecule has 0 aromatic rings. The van der Waals surface area contributed by atoms with E-state index in [-0.39, 0.29) is 0 Å². The number of rotatable bonds is 6. The molecular formula is C15H29N3. The highest BCUT2D eigenvalue weighted by Gasteiger charge is 2.26. The van der Waals surface area contributed by atoms with Crippen LogP contribution in [-0.4, -0.2) is 36.1 Å². The summed E-state index contributed by atoms with van der Waals surface area (Å²) < 4.78 is 0. The molecule has 0 aliphatic heterocycles. The maximum absolute atomic E-state index is 9.33. The molecule has 0 bridgehead atoms. The zero-order valence-electron chi connectivity index (χ0n) is 12.5. The third kappa shape index (κ3) is 4.96. The summed E-state index contributed by atoms with van der Waals surface area (Å²) in [6.45, 7) is 7.22. The first kappa shape index (κ1) is 15.5. The summed E-state index contributed by atoms with van der Waals surface area (Å²) in [6, 6.07) is 3.52. The summed E-state index contributed by atoms with van der Waals surface area (Å²) in [5.41, 5.74) is -0.392. The molecule has 1 fully saturated rings. The number of nitrogens with one attached hydrogen (secondary N) is 1. The van der Waals surface area contributed by atoms with E-state index in [4.69, 9.17) is 0 Å². The van der Waals surface area contributed by atoms with Crippen LogP contribution < -0.4 is 5.32 Å². The van der Waals surface area contributed by atoms with Crippen LogP contribution in [0.2, 0.25) is 0 Å². The largest absolute Gasteiger partial charge is 0.303 e. The summed E-state index contributed by atoms with van der Waals surface area (Å²) >= 11 is 0. The second-order valence-electron chi connectivity index (χ2n) is 6.27. The summed E-state index contributed by atoms with van der Waals surface area (Å²) in [5, 5.41) is 12.7. The summed E-state index contributed by atoms with van der Waals surface area (Å²) in [6.07, 6.45) is 7.70. The highest BCUT2D eigenvalue weighted by molar-refractivity contribution is 5.04. The minimum absolute atomic E-state index is 0.356. The van der Waals surface area contributed by atoms with E-state index >= 15 is 0 Å². The van der Waals surface area contributed by atoms with Gasteiger partial charge in [0.25, 0.3) is 0 Å². The van der Waals surface area contributed by atoms with E-state index in [9.17, 15) is 5.26 Å². The Bertz CT molecular complexity index is 276. The standard InChI is InChI=1S/C15H29N3/c1-13(2)17-15(3,12-16)10-11-18(4)14-8-6-5-7-9-14/h13-14,17H,5-11H2,1-4H3. The predicted octanol–water partition coefficient (Wildman–Crippen LogP) is 2.92. The van der Waals surface area contributed by atoms with Gasteiger partial charge in [0.15, 0.2) is 0 Å². The Morgan fingerprint density at radius 3 is 2.44 bits per heavy atom.